The summed E-state index contributed by atoms with van der Waals surface area (Å²) in [5.74, 6) is -0.472. The van der Waals surface area contributed by atoms with Crippen molar-refractivity contribution in [2.75, 3.05) is 6.61 Å². The molecule has 1 aromatic rings. The third kappa shape index (κ3) is 7.78. The van der Waals surface area contributed by atoms with Gasteiger partial charge in [0.2, 0.25) is 0 Å². The highest BCUT2D eigenvalue weighted by atomic mass is 31.0. The maximum Gasteiger partial charge on any atom is 0.316 e. The van der Waals surface area contributed by atoms with E-state index >= 15 is 0 Å². The number of Topliss-reactive ketones (excluding diaryl/α,β-unsaturated/α-hetero) is 1. The van der Waals surface area contributed by atoms with E-state index in [1.54, 1.807) is 0 Å². The number of carbonyl (C=O) groups is 2. The van der Waals surface area contributed by atoms with Crippen LogP contribution in [0.1, 0.15) is 67.6 Å². The number of aryl methyl sites for hydroxylation is 3. The number of benzene rings is 1. The molecule has 0 saturated carbocycles. The lowest BCUT2D eigenvalue weighted by Crippen LogP contribution is -2.29. The summed E-state index contributed by atoms with van der Waals surface area (Å²) in [7, 11) is 1.17. The van der Waals surface area contributed by atoms with Gasteiger partial charge in [-0.15, -0.1) is 0 Å². The van der Waals surface area contributed by atoms with Gasteiger partial charge in [-0.2, -0.15) is 0 Å². The lowest BCUT2D eigenvalue weighted by Gasteiger charge is -2.20. The average molecular weight is 381 g/mol. The van der Waals surface area contributed by atoms with Gasteiger partial charge in [0.25, 0.3) is 0 Å². The van der Waals surface area contributed by atoms with E-state index in [0.29, 0.717) is 24.5 Å². The van der Waals surface area contributed by atoms with E-state index < -0.39 is 5.92 Å². The summed E-state index contributed by atoms with van der Waals surface area (Å²) in [4.78, 5) is 25.6. The maximum absolute atomic E-state index is 13.1. The minimum atomic E-state index is -0.711. The Bertz CT molecular complexity index is 585. The molecule has 146 valence electrons. The summed E-state index contributed by atoms with van der Waals surface area (Å²) in [6, 6.07) is 3.99. The van der Waals surface area contributed by atoms with Gasteiger partial charge >= 0.3 is 15.1 Å². The molecule has 5 heteroatoms. The number of rotatable bonds is 8. The Morgan fingerprint density at radius 2 is 1.46 bits per heavy atom. The first-order valence-electron chi connectivity index (χ1n) is 9.15. The van der Waals surface area contributed by atoms with E-state index in [4.69, 9.17) is 9.30 Å². The summed E-state index contributed by atoms with van der Waals surface area (Å²) < 4.78 is 13.6. The Balaban J connectivity index is 0.00000301. The normalized spacial score (nSPS) is 11.7. The molecule has 0 spiro atoms. The Kier molecular flexibility index (Phi) is 11.2. The van der Waals surface area contributed by atoms with Crippen molar-refractivity contribution < 1.29 is 18.9 Å². The van der Waals surface area contributed by atoms with Crippen LogP contribution in [0.2, 0.25) is 0 Å². The molecule has 0 radical (unpaired) electrons. The van der Waals surface area contributed by atoms with Crippen LogP contribution in [0.3, 0.4) is 0 Å². The molecule has 4 nitrogen and oxygen atoms in total. The largest absolute Gasteiger partial charge is 0.465 e. The fourth-order valence-electron chi connectivity index (χ4n) is 3.02. The predicted molar refractivity (Wildman–Crippen MR) is 109 cm³/mol. The van der Waals surface area contributed by atoms with Crippen LogP contribution in [0.4, 0.5) is 0 Å². The summed E-state index contributed by atoms with van der Waals surface area (Å²) in [5.41, 5.74) is 3.66. The zero-order valence-electron chi connectivity index (χ0n) is 17.2. The van der Waals surface area contributed by atoms with Crippen LogP contribution in [-0.2, 0) is 14.1 Å². The smallest absolute Gasteiger partial charge is 0.316 e. The van der Waals surface area contributed by atoms with Gasteiger partial charge in [0.05, 0.1) is 6.61 Å². The Morgan fingerprint density at radius 3 is 1.88 bits per heavy atom. The molecule has 0 bridgehead atoms. The fourth-order valence-corrected chi connectivity index (χ4v) is 3.02. The molecular formula is C21H34O4P+. The number of esters is 1. The molecule has 0 aromatic heterocycles. The predicted octanol–water partition coefficient (Wildman–Crippen LogP) is 5.25. The Morgan fingerprint density at radius 1 is 0.962 bits per heavy atom. The molecule has 0 fully saturated rings. The SMILES string of the molecule is Cc1cc(C)c(C(=O)C(CC(C)C)C(=O)OCCC(C)C)c(C)c1.O=[PH2+]. The van der Waals surface area contributed by atoms with Crippen molar-refractivity contribution in [2.24, 2.45) is 17.8 Å². The van der Waals surface area contributed by atoms with Crippen LogP contribution < -0.4 is 0 Å². The van der Waals surface area contributed by atoms with Crippen LogP contribution >= 0.6 is 9.12 Å². The molecule has 1 rings (SSSR count). The lowest BCUT2D eigenvalue weighted by molar-refractivity contribution is -0.147. The van der Waals surface area contributed by atoms with E-state index in [1.165, 1.54) is 9.12 Å². The van der Waals surface area contributed by atoms with E-state index in [0.717, 1.165) is 23.1 Å². The first-order valence-corrected chi connectivity index (χ1v) is 9.62. The topological polar surface area (TPSA) is 60.4 Å². The van der Waals surface area contributed by atoms with E-state index in [1.807, 2.05) is 46.8 Å². The first kappa shape index (κ1) is 24.5. The molecule has 26 heavy (non-hydrogen) atoms. The van der Waals surface area contributed by atoms with Crippen molar-refractivity contribution >= 4 is 20.9 Å². The van der Waals surface area contributed by atoms with Crippen molar-refractivity contribution in [3.63, 3.8) is 0 Å². The summed E-state index contributed by atoms with van der Waals surface area (Å²) in [6.07, 6.45) is 1.34. The Labute approximate surface area is 160 Å². The number of ether oxygens (including phenoxy) is 1. The summed E-state index contributed by atoms with van der Waals surface area (Å²) in [6.45, 7) is 14.5. The molecule has 0 aliphatic heterocycles. The van der Waals surface area contributed by atoms with Crippen LogP contribution in [0.5, 0.6) is 0 Å². The molecule has 0 aliphatic carbocycles. The third-order valence-corrected chi connectivity index (χ3v) is 4.17. The van der Waals surface area contributed by atoms with Gasteiger partial charge in [-0.3, -0.25) is 9.59 Å². The molecule has 0 amide bonds. The summed E-state index contributed by atoms with van der Waals surface area (Å²) >= 11 is 0. The fraction of sp³-hybridized carbons (Fsp3) is 0.619. The van der Waals surface area contributed by atoms with Gasteiger partial charge in [0, 0.05) is 5.56 Å². The van der Waals surface area contributed by atoms with Crippen LogP contribution in [0.25, 0.3) is 0 Å². The van der Waals surface area contributed by atoms with Crippen molar-refractivity contribution in [3.8, 4) is 0 Å². The number of hydrogen-bond acceptors (Lipinski definition) is 4. The van der Waals surface area contributed by atoms with Gasteiger partial charge in [-0.1, -0.05) is 50.0 Å². The van der Waals surface area contributed by atoms with Crippen LogP contribution in [0, 0.1) is 38.5 Å². The zero-order valence-corrected chi connectivity index (χ0v) is 18.4. The van der Waals surface area contributed by atoms with Crippen molar-refractivity contribution in [2.45, 2.75) is 61.3 Å². The third-order valence-electron chi connectivity index (χ3n) is 4.17. The number of carbonyl (C=O) groups excluding carboxylic acids is 2. The van der Waals surface area contributed by atoms with Crippen molar-refractivity contribution in [1.29, 1.82) is 0 Å². The quantitative estimate of drug-likeness (QED) is 0.267. The van der Waals surface area contributed by atoms with Crippen molar-refractivity contribution in [1.82, 2.24) is 0 Å². The monoisotopic (exact) mass is 381 g/mol. The van der Waals surface area contributed by atoms with Gasteiger partial charge in [0.1, 0.15) is 5.92 Å². The highest BCUT2D eigenvalue weighted by molar-refractivity contribution is 7.00. The second-order valence-corrected chi connectivity index (χ2v) is 7.67. The molecular weight excluding hydrogens is 347 g/mol. The van der Waals surface area contributed by atoms with Gasteiger partial charge in [-0.05, 0) is 56.6 Å². The Hall–Kier alpha value is -1.54. The first-order chi connectivity index (χ1) is 12.1. The van der Waals surface area contributed by atoms with E-state index in [2.05, 4.69) is 13.8 Å². The zero-order chi connectivity index (χ0) is 20.4. The minimum Gasteiger partial charge on any atom is -0.465 e. The molecule has 2 atom stereocenters. The molecule has 0 N–H and O–H groups in total. The molecule has 0 aliphatic rings. The highest BCUT2D eigenvalue weighted by Crippen LogP contribution is 2.25. The average Bonchev–Trinajstić information content (AvgIpc) is 2.52. The van der Waals surface area contributed by atoms with Crippen molar-refractivity contribution in [3.05, 3.63) is 34.4 Å². The summed E-state index contributed by atoms with van der Waals surface area (Å²) in [5, 5.41) is 0. The standard InChI is InChI=1S/C21H32O3.H2OP/c1-13(2)8-9-24-21(23)18(10-14(3)4)20(22)19-16(6)11-15(5)12-17(19)7;1-2/h11-14,18H,8-10H2,1-7H3;2H2/q;+1. The minimum absolute atomic E-state index is 0.103. The van der Waals surface area contributed by atoms with Gasteiger partial charge in [0.15, 0.2) is 5.78 Å². The highest BCUT2D eigenvalue weighted by Gasteiger charge is 2.31. The second kappa shape index (κ2) is 12.0. The molecule has 0 heterocycles. The maximum atomic E-state index is 13.1. The molecule has 0 saturated heterocycles. The number of hydrogen-bond donors (Lipinski definition) is 0. The van der Waals surface area contributed by atoms with Crippen LogP contribution in [0.15, 0.2) is 12.1 Å². The van der Waals surface area contributed by atoms with Crippen LogP contribution in [-0.4, -0.2) is 18.4 Å². The second-order valence-electron chi connectivity index (χ2n) is 7.67. The molecule has 2 unspecified atom stereocenters. The molecule has 1 aromatic carbocycles. The lowest BCUT2D eigenvalue weighted by atomic mass is 9.85. The number of ketones is 1. The van der Waals surface area contributed by atoms with Gasteiger partial charge in [-0.25, -0.2) is 0 Å². The van der Waals surface area contributed by atoms with E-state index in [-0.39, 0.29) is 17.7 Å². The van der Waals surface area contributed by atoms with Gasteiger partial charge < -0.3 is 4.74 Å². The van der Waals surface area contributed by atoms with E-state index in [9.17, 15) is 9.59 Å².